The highest BCUT2D eigenvalue weighted by Crippen LogP contribution is 2.21. The zero-order valence-corrected chi connectivity index (χ0v) is 15.4. The zero-order chi connectivity index (χ0) is 20.1. The van der Waals surface area contributed by atoms with E-state index in [4.69, 9.17) is 17.0 Å². The fourth-order valence-electron chi connectivity index (χ4n) is 2.35. The number of rotatable bonds is 5. The molecule has 0 radical (unpaired) electrons. The number of H-pyrrole nitrogens is 1. The summed E-state index contributed by atoms with van der Waals surface area (Å²) in [6.07, 6.45) is 3.98. The van der Waals surface area contributed by atoms with Gasteiger partial charge < -0.3 is 9.84 Å². The summed E-state index contributed by atoms with van der Waals surface area (Å²) >= 11 is 5.14. The Hall–Kier alpha value is -3.79. The Morgan fingerprint density at radius 3 is 2.61 bits per heavy atom. The van der Waals surface area contributed by atoms with Crippen molar-refractivity contribution in [2.75, 3.05) is 7.11 Å². The Bertz CT molecular complexity index is 1140. The van der Waals surface area contributed by atoms with Crippen molar-refractivity contribution in [1.82, 2.24) is 20.0 Å². The lowest BCUT2D eigenvalue weighted by Gasteiger charge is -2.11. The van der Waals surface area contributed by atoms with Gasteiger partial charge in [0.15, 0.2) is 4.77 Å². The molecule has 2 heterocycles. The van der Waals surface area contributed by atoms with Crippen LogP contribution >= 0.6 is 12.2 Å². The van der Waals surface area contributed by atoms with E-state index < -0.39 is 17.3 Å². The van der Waals surface area contributed by atoms with Gasteiger partial charge in [-0.25, -0.2) is 5.43 Å². The maximum Gasteiger partial charge on any atom is 0.271 e. The van der Waals surface area contributed by atoms with E-state index >= 15 is 0 Å². The van der Waals surface area contributed by atoms with E-state index in [9.17, 15) is 14.7 Å². The van der Waals surface area contributed by atoms with E-state index in [2.05, 4.69) is 20.5 Å². The lowest BCUT2D eigenvalue weighted by atomic mass is 10.2. The molecular formula is C18H15N5O4S. The maximum absolute atomic E-state index is 12.2. The van der Waals surface area contributed by atoms with Crippen molar-refractivity contribution in [3.63, 3.8) is 0 Å². The summed E-state index contributed by atoms with van der Waals surface area (Å²) < 4.78 is 6.37. The normalized spacial score (nSPS) is 10.8. The average molecular weight is 397 g/mol. The van der Waals surface area contributed by atoms with Crippen LogP contribution in [0.25, 0.3) is 5.69 Å². The number of hydrogen-bond acceptors (Lipinski definition) is 7. The number of pyridine rings is 1. The molecule has 9 nitrogen and oxygen atoms in total. The molecule has 0 atom stereocenters. The largest absolute Gasteiger partial charge is 0.497 e. The minimum Gasteiger partial charge on any atom is -0.497 e. The third kappa shape index (κ3) is 3.96. The van der Waals surface area contributed by atoms with Gasteiger partial charge in [-0.2, -0.15) is 5.10 Å². The maximum atomic E-state index is 12.2. The third-order valence-corrected chi connectivity index (χ3v) is 4.04. The quantitative estimate of drug-likeness (QED) is 0.343. The van der Waals surface area contributed by atoms with Crippen molar-refractivity contribution in [2.24, 2.45) is 5.10 Å². The van der Waals surface area contributed by atoms with Gasteiger partial charge in [-0.3, -0.25) is 24.1 Å². The monoisotopic (exact) mass is 397 g/mol. The van der Waals surface area contributed by atoms with Gasteiger partial charge in [0.1, 0.15) is 11.3 Å². The number of amides is 1. The Labute approximate surface area is 164 Å². The molecule has 2 aromatic heterocycles. The van der Waals surface area contributed by atoms with Crippen LogP contribution in [0.15, 0.2) is 58.7 Å². The number of hydrogen-bond donors (Lipinski definition) is 3. The van der Waals surface area contributed by atoms with Crippen LogP contribution in [0.1, 0.15) is 15.9 Å². The van der Waals surface area contributed by atoms with Crippen LogP contribution in [0.2, 0.25) is 0 Å². The summed E-state index contributed by atoms with van der Waals surface area (Å²) in [6, 6.07) is 9.73. The van der Waals surface area contributed by atoms with Gasteiger partial charge in [0, 0.05) is 18.0 Å². The third-order valence-electron chi connectivity index (χ3n) is 3.75. The van der Waals surface area contributed by atoms with E-state index in [0.717, 1.165) is 6.21 Å². The topological polar surface area (TPSA) is 122 Å². The number of aromatic hydroxyl groups is 1. The zero-order valence-electron chi connectivity index (χ0n) is 14.6. The Balaban J connectivity index is 1.92. The summed E-state index contributed by atoms with van der Waals surface area (Å²) in [5.41, 5.74) is 2.32. The number of ether oxygens (including phenoxy) is 1. The second-order valence-corrected chi connectivity index (χ2v) is 5.85. The first kappa shape index (κ1) is 19.0. The van der Waals surface area contributed by atoms with Crippen LogP contribution in [0.4, 0.5) is 0 Å². The molecule has 1 amide bonds. The molecule has 0 spiro atoms. The highest BCUT2D eigenvalue weighted by atomic mass is 32.1. The molecule has 3 N–H and O–H groups in total. The molecular weight excluding hydrogens is 382 g/mol. The van der Waals surface area contributed by atoms with Gasteiger partial charge in [-0.05, 0) is 48.6 Å². The van der Waals surface area contributed by atoms with Gasteiger partial charge in [0.25, 0.3) is 11.5 Å². The SMILES string of the molecule is COc1ccc(-n2c(O)c(/C=N/NC(=O)c3ccncc3)c(=O)[nH]c2=S)cc1. The highest BCUT2D eigenvalue weighted by molar-refractivity contribution is 7.71. The van der Waals surface area contributed by atoms with Crippen LogP contribution in [0, 0.1) is 4.77 Å². The molecule has 0 saturated heterocycles. The second kappa shape index (κ2) is 8.27. The average Bonchev–Trinajstić information content (AvgIpc) is 2.71. The van der Waals surface area contributed by atoms with E-state index in [1.165, 1.54) is 36.2 Å². The summed E-state index contributed by atoms with van der Waals surface area (Å²) in [7, 11) is 1.53. The first-order chi connectivity index (χ1) is 13.5. The van der Waals surface area contributed by atoms with E-state index in [1.54, 1.807) is 24.3 Å². The number of aromatic amines is 1. The number of aromatic nitrogens is 3. The molecule has 3 rings (SSSR count). The van der Waals surface area contributed by atoms with Crippen LogP contribution in [0.3, 0.4) is 0 Å². The molecule has 0 aliphatic rings. The number of benzene rings is 1. The molecule has 0 fully saturated rings. The number of nitrogens with one attached hydrogen (secondary N) is 2. The Morgan fingerprint density at radius 1 is 1.29 bits per heavy atom. The lowest BCUT2D eigenvalue weighted by Crippen LogP contribution is -2.21. The summed E-state index contributed by atoms with van der Waals surface area (Å²) in [5, 5.41) is 14.3. The van der Waals surface area contributed by atoms with Gasteiger partial charge in [0.05, 0.1) is 19.0 Å². The molecule has 0 saturated carbocycles. The van der Waals surface area contributed by atoms with Gasteiger partial charge in [0.2, 0.25) is 5.88 Å². The molecule has 0 unspecified atom stereocenters. The van der Waals surface area contributed by atoms with Crippen LogP contribution in [-0.2, 0) is 0 Å². The number of nitrogens with zero attached hydrogens (tertiary/aromatic N) is 3. The second-order valence-electron chi connectivity index (χ2n) is 5.47. The summed E-state index contributed by atoms with van der Waals surface area (Å²) in [5.74, 6) is -0.280. The molecule has 142 valence electrons. The Kier molecular flexibility index (Phi) is 5.61. The van der Waals surface area contributed by atoms with Crippen LogP contribution in [0.5, 0.6) is 11.6 Å². The molecule has 28 heavy (non-hydrogen) atoms. The number of methoxy groups -OCH3 is 1. The van der Waals surface area contributed by atoms with Crippen molar-refractivity contribution < 1.29 is 14.6 Å². The molecule has 3 aromatic rings. The minimum atomic E-state index is -0.644. The van der Waals surface area contributed by atoms with Crippen molar-refractivity contribution >= 4 is 24.3 Å². The first-order valence-corrected chi connectivity index (χ1v) is 8.38. The van der Waals surface area contributed by atoms with Gasteiger partial charge >= 0.3 is 0 Å². The van der Waals surface area contributed by atoms with Gasteiger partial charge in [-0.15, -0.1) is 0 Å². The Morgan fingerprint density at radius 2 is 1.96 bits per heavy atom. The molecule has 10 heteroatoms. The van der Waals surface area contributed by atoms with Gasteiger partial charge in [-0.1, -0.05) is 0 Å². The number of hydrazone groups is 1. The van der Waals surface area contributed by atoms with Crippen molar-refractivity contribution in [3.8, 4) is 17.3 Å². The van der Waals surface area contributed by atoms with E-state index in [-0.39, 0.29) is 10.3 Å². The highest BCUT2D eigenvalue weighted by Gasteiger charge is 2.13. The summed E-state index contributed by atoms with van der Waals surface area (Å²) in [4.78, 5) is 30.4. The van der Waals surface area contributed by atoms with Crippen molar-refractivity contribution in [2.45, 2.75) is 0 Å². The summed E-state index contributed by atoms with van der Waals surface area (Å²) in [6.45, 7) is 0. The minimum absolute atomic E-state index is 0.00522. The standard InChI is InChI=1S/C18H15N5O4S/c1-27-13-4-2-12(3-5-13)23-17(26)14(16(25)21-18(23)28)10-20-22-15(24)11-6-8-19-9-7-11/h2-10,26H,1H3,(H,22,24)(H,21,25,28)/b20-10+. The molecule has 0 bridgehead atoms. The molecule has 0 aliphatic heterocycles. The fraction of sp³-hybridized carbons (Fsp3) is 0.0556. The van der Waals surface area contributed by atoms with Crippen LogP contribution < -0.4 is 15.7 Å². The van der Waals surface area contributed by atoms with E-state index in [0.29, 0.717) is 17.0 Å². The molecule has 1 aromatic carbocycles. The van der Waals surface area contributed by atoms with Crippen molar-refractivity contribution in [1.29, 1.82) is 0 Å². The smallest absolute Gasteiger partial charge is 0.271 e. The number of carbonyl (C=O) groups excluding carboxylic acids is 1. The first-order valence-electron chi connectivity index (χ1n) is 7.97. The predicted molar refractivity (Wildman–Crippen MR) is 105 cm³/mol. The lowest BCUT2D eigenvalue weighted by molar-refractivity contribution is 0.0955. The predicted octanol–water partition coefficient (Wildman–Crippen LogP) is 1.77. The van der Waals surface area contributed by atoms with Crippen molar-refractivity contribution in [3.05, 3.63) is 75.0 Å². The number of carbonyl (C=O) groups is 1. The fourth-order valence-corrected chi connectivity index (χ4v) is 2.63. The van der Waals surface area contributed by atoms with E-state index in [1.807, 2.05) is 0 Å². The van der Waals surface area contributed by atoms with Crippen LogP contribution in [-0.4, -0.2) is 38.9 Å². The molecule has 0 aliphatic carbocycles.